The van der Waals surface area contributed by atoms with E-state index in [-0.39, 0.29) is 5.60 Å². The molecule has 1 unspecified atom stereocenters. The van der Waals surface area contributed by atoms with Gasteiger partial charge in [-0.05, 0) is 38.3 Å². The first-order chi connectivity index (χ1) is 10.3. The number of rotatable bonds is 5. The van der Waals surface area contributed by atoms with Crippen molar-refractivity contribution < 1.29 is 9.26 Å². The average Bonchev–Trinajstić information content (AvgIpc) is 2.99. The molecule has 21 heavy (non-hydrogen) atoms. The molecule has 2 aromatic rings. The van der Waals surface area contributed by atoms with Crippen LogP contribution in [-0.2, 0) is 16.8 Å². The number of hydrogen-bond acceptors (Lipinski definition) is 5. The minimum absolute atomic E-state index is 0.382. The molecular weight excluding hydrogens is 266 g/mol. The van der Waals surface area contributed by atoms with Crippen LogP contribution >= 0.6 is 0 Å². The van der Waals surface area contributed by atoms with Gasteiger partial charge in [0.15, 0.2) is 0 Å². The van der Waals surface area contributed by atoms with Gasteiger partial charge in [0.25, 0.3) is 0 Å². The van der Waals surface area contributed by atoms with Gasteiger partial charge in [0.1, 0.15) is 5.60 Å². The molecule has 3 rings (SSSR count). The van der Waals surface area contributed by atoms with Crippen LogP contribution in [0, 0.1) is 0 Å². The first-order valence-corrected chi connectivity index (χ1v) is 7.52. The zero-order chi connectivity index (χ0) is 14.5. The summed E-state index contributed by atoms with van der Waals surface area (Å²) in [5, 5.41) is 7.43. The highest BCUT2D eigenvalue weighted by molar-refractivity contribution is 5.42. The maximum Gasteiger partial charge on any atom is 0.228 e. The van der Waals surface area contributed by atoms with Crippen LogP contribution in [0.3, 0.4) is 0 Å². The lowest BCUT2D eigenvalue weighted by molar-refractivity contribution is -0.0770. The summed E-state index contributed by atoms with van der Waals surface area (Å²) < 4.78 is 11.2. The predicted octanol–water partition coefficient (Wildman–Crippen LogP) is 3.14. The molecule has 0 spiro atoms. The number of nitrogens with one attached hydrogen (secondary N) is 1. The van der Waals surface area contributed by atoms with Crippen LogP contribution in [0.2, 0.25) is 0 Å². The summed E-state index contributed by atoms with van der Waals surface area (Å²) in [5.41, 5.74) is 0.715. The van der Waals surface area contributed by atoms with Gasteiger partial charge in [-0.2, -0.15) is 4.98 Å². The zero-order valence-electron chi connectivity index (χ0n) is 12.3. The van der Waals surface area contributed by atoms with E-state index < -0.39 is 0 Å². The monoisotopic (exact) mass is 287 g/mol. The summed E-state index contributed by atoms with van der Waals surface area (Å²) in [5.74, 6) is 1.33. The topological polar surface area (TPSA) is 60.2 Å². The number of nitrogens with zero attached hydrogens (tertiary/aromatic N) is 2. The Hall–Kier alpha value is -1.88. The summed E-state index contributed by atoms with van der Waals surface area (Å²) in [6.07, 6.45) is 3.92. The summed E-state index contributed by atoms with van der Waals surface area (Å²) in [6, 6.07) is 10.1. The molecule has 0 radical (unpaired) electrons. The van der Waals surface area contributed by atoms with Gasteiger partial charge < -0.3 is 14.6 Å². The van der Waals surface area contributed by atoms with E-state index in [2.05, 4.69) is 15.5 Å². The number of para-hydroxylation sites is 1. The van der Waals surface area contributed by atoms with Crippen LogP contribution < -0.4 is 5.32 Å². The van der Waals surface area contributed by atoms with E-state index in [4.69, 9.17) is 9.26 Å². The third kappa shape index (κ3) is 3.42. The molecule has 1 N–H and O–H groups in total. The van der Waals surface area contributed by atoms with Crippen molar-refractivity contribution in [2.24, 2.45) is 0 Å². The first-order valence-electron chi connectivity index (χ1n) is 7.52. The highest BCUT2D eigenvalue weighted by Crippen LogP contribution is 2.32. The molecule has 5 heteroatoms. The smallest absolute Gasteiger partial charge is 0.228 e. The summed E-state index contributed by atoms with van der Waals surface area (Å²) >= 11 is 0. The molecular formula is C16H21N3O2. The van der Waals surface area contributed by atoms with Crippen LogP contribution in [0.1, 0.15) is 37.9 Å². The second-order valence-corrected chi connectivity index (χ2v) is 5.59. The Balaban J connectivity index is 1.55. The van der Waals surface area contributed by atoms with Crippen molar-refractivity contribution in [2.75, 3.05) is 18.5 Å². The van der Waals surface area contributed by atoms with Gasteiger partial charge in [0, 0.05) is 25.3 Å². The van der Waals surface area contributed by atoms with Crippen molar-refractivity contribution >= 4 is 5.69 Å². The van der Waals surface area contributed by atoms with Gasteiger partial charge in [-0.15, -0.1) is 0 Å². The van der Waals surface area contributed by atoms with Crippen LogP contribution in [0.5, 0.6) is 0 Å². The van der Waals surface area contributed by atoms with Crippen molar-refractivity contribution in [3.8, 4) is 0 Å². The fourth-order valence-corrected chi connectivity index (χ4v) is 2.55. The summed E-state index contributed by atoms with van der Waals surface area (Å²) in [7, 11) is 0. The third-order valence-corrected chi connectivity index (χ3v) is 3.85. The third-order valence-electron chi connectivity index (χ3n) is 3.85. The number of anilines is 1. The number of hydrogen-bond donors (Lipinski definition) is 1. The molecule has 0 saturated carbocycles. The lowest BCUT2D eigenvalue weighted by Gasteiger charge is -2.30. The number of ether oxygens (including phenoxy) is 1. The maximum absolute atomic E-state index is 5.84. The normalized spacial score (nSPS) is 22.1. The second kappa shape index (κ2) is 6.26. The largest absolute Gasteiger partial charge is 0.385 e. The van der Waals surface area contributed by atoms with Gasteiger partial charge in [0.2, 0.25) is 11.7 Å². The van der Waals surface area contributed by atoms with Gasteiger partial charge >= 0.3 is 0 Å². The SMILES string of the molecule is CC1(c2noc(CCNc3ccccc3)n2)CCCCO1. The fourth-order valence-electron chi connectivity index (χ4n) is 2.55. The lowest BCUT2D eigenvalue weighted by Crippen LogP contribution is -2.31. The minimum atomic E-state index is -0.382. The molecule has 1 aliphatic rings. The fraction of sp³-hybridized carbons (Fsp3) is 0.500. The van der Waals surface area contributed by atoms with E-state index in [0.717, 1.165) is 38.1 Å². The average molecular weight is 287 g/mol. The van der Waals surface area contributed by atoms with E-state index in [0.29, 0.717) is 18.1 Å². The van der Waals surface area contributed by atoms with Crippen LogP contribution in [0.15, 0.2) is 34.9 Å². The van der Waals surface area contributed by atoms with E-state index in [1.54, 1.807) is 0 Å². The van der Waals surface area contributed by atoms with Gasteiger partial charge in [0.05, 0.1) is 0 Å². The standard InChI is InChI=1S/C16H21N3O2/c1-16(10-5-6-12-20-16)15-18-14(21-19-15)9-11-17-13-7-3-2-4-8-13/h2-4,7-8,17H,5-6,9-12H2,1H3. The van der Waals surface area contributed by atoms with Gasteiger partial charge in [-0.25, -0.2) is 0 Å². The zero-order valence-corrected chi connectivity index (χ0v) is 12.3. The maximum atomic E-state index is 5.84. The van der Waals surface area contributed by atoms with Crippen LogP contribution in [0.4, 0.5) is 5.69 Å². The van der Waals surface area contributed by atoms with E-state index in [1.807, 2.05) is 37.3 Å². The molecule has 112 valence electrons. The Bertz CT molecular complexity index is 562. The van der Waals surface area contributed by atoms with Gasteiger partial charge in [-0.1, -0.05) is 23.4 Å². The Labute approximate surface area is 124 Å². The van der Waals surface area contributed by atoms with Crippen molar-refractivity contribution in [1.29, 1.82) is 0 Å². The van der Waals surface area contributed by atoms with E-state index in [9.17, 15) is 0 Å². The second-order valence-electron chi connectivity index (χ2n) is 5.59. The summed E-state index contributed by atoms with van der Waals surface area (Å²) in [4.78, 5) is 4.49. The minimum Gasteiger partial charge on any atom is -0.385 e. The molecule has 1 aliphatic heterocycles. The number of benzene rings is 1. The molecule has 0 aliphatic carbocycles. The first kappa shape index (κ1) is 14.1. The molecule has 0 bridgehead atoms. The molecule has 1 saturated heterocycles. The summed E-state index contributed by atoms with van der Waals surface area (Å²) in [6.45, 7) is 3.59. The molecule has 2 heterocycles. The van der Waals surface area contributed by atoms with Crippen molar-refractivity contribution in [3.63, 3.8) is 0 Å². The van der Waals surface area contributed by atoms with Crippen LogP contribution in [0.25, 0.3) is 0 Å². The van der Waals surface area contributed by atoms with Crippen LogP contribution in [-0.4, -0.2) is 23.3 Å². The Morgan fingerprint density at radius 2 is 2.10 bits per heavy atom. The predicted molar refractivity (Wildman–Crippen MR) is 80.1 cm³/mol. The van der Waals surface area contributed by atoms with Crippen molar-refractivity contribution in [1.82, 2.24) is 10.1 Å². The Morgan fingerprint density at radius 1 is 1.24 bits per heavy atom. The molecule has 0 amide bonds. The Kier molecular flexibility index (Phi) is 4.20. The van der Waals surface area contributed by atoms with E-state index >= 15 is 0 Å². The van der Waals surface area contributed by atoms with E-state index in [1.165, 1.54) is 0 Å². The van der Waals surface area contributed by atoms with Gasteiger partial charge in [-0.3, -0.25) is 0 Å². The van der Waals surface area contributed by atoms with Crippen molar-refractivity contribution in [2.45, 2.75) is 38.2 Å². The highest BCUT2D eigenvalue weighted by atomic mass is 16.5. The van der Waals surface area contributed by atoms with Crippen molar-refractivity contribution in [3.05, 3.63) is 42.0 Å². The molecule has 5 nitrogen and oxygen atoms in total. The molecule has 1 fully saturated rings. The highest BCUT2D eigenvalue weighted by Gasteiger charge is 2.34. The molecule has 1 atom stereocenters. The molecule has 1 aromatic carbocycles. The molecule has 1 aromatic heterocycles. The quantitative estimate of drug-likeness (QED) is 0.915. The number of aromatic nitrogens is 2. The Morgan fingerprint density at radius 3 is 2.86 bits per heavy atom. The lowest BCUT2D eigenvalue weighted by atomic mass is 9.95.